The maximum absolute atomic E-state index is 13.4. The van der Waals surface area contributed by atoms with Gasteiger partial charge in [-0.1, -0.05) is 32.3 Å². The zero-order valence-corrected chi connectivity index (χ0v) is 13.4. The number of benzene rings is 1. The lowest BCUT2D eigenvalue weighted by atomic mass is 9.93. The number of nitrogens with one attached hydrogen (secondary N) is 1. The molecule has 0 aromatic heterocycles. The number of piperazine rings is 1. The molecule has 0 bridgehead atoms. The maximum Gasteiger partial charge on any atom is 0.416 e. The van der Waals surface area contributed by atoms with Crippen molar-refractivity contribution in [2.45, 2.75) is 44.8 Å². The molecule has 1 heterocycles. The zero-order chi connectivity index (χ0) is 16.9. The van der Waals surface area contributed by atoms with Crippen LogP contribution in [0.2, 0.25) is 0 Å². The summed E-state index contributed by atoms with van der Waals surface area (Å²) in [5, 5.41) is 3.22. The molecule has 1 fully saturated rings. The lowest BCUT2D eigenvalue weighted by molar-refractivity contribution is -0.139. The number of unbranched alkanes of at least 4 members (excludes halogenated alkanes) is 2. The van der Waals surface area contributed by atoms with Crippen LogP contribution in [0, 0.1) is 5.82 Å². The summed E-state index contributed by atoms with van der Waals surface area (Å²) >= 11 is 0. The Morgan fingerprint density at radius 1 is 1.17 bits per heavy atom. The topological polar surface area (TPSA) is 15.3 Å². The molecular weight excluding hydrogens is 308 g/mol. The molecular formula is C17H24F4N2. The highest BCUT2D eigenvalue weighted by atomic mass is 19.4. The van der Waals surface area contributed by atoms with Crippen LogP contribution in [0.1, 0.15) is 49.8 Å². The van der Waals surface area contributed by atoms with Crippen molar-refractivity contribution in [2.24, 2.45) is 0 Å². The van der Waals surface area contributed by atoms with Crippen molar-refractivity contribution < 1.29 is 17.6 Å². The maximum atomic E-state index is 13.4. The highest BCUT2D eigenvalue weighted by molar-refractivity contribution is 5.33. The third-order valence-electron chi connectivity index (χ3n) is 4.35. The normalized spacial score (nSPS) is 18.1. The minimum Gasteiger partial charge on any atom is -0.314 e. The van der Waals surface area contributed by atoms with Gasteiger partial charge in [-0.05, 0) is 24.1 Å². The number of alkyl halides is 3. The lowest BCUT2D eigenvalue weighted by Gasteiger charge is -2.36. The lowest BCUT2D eigenvalue weighted by Crippen LogP contribution is -2.45. The van der Waals surface area contributed by atoms with E-state index in [1.54, 1.807) is 0 Å². The number of rotatable bonds is 6. The average Bonchev–Trinajstić information content (AvgIpc) is 2.52. The van der Waals surface area contributed by atoms with E-state index in [-0.39, 0.29) is 11.6 Å². The van der Waals surface area contributed by atoms with Crippen LogP contribution < -0.4 is 5.32 Å². The second-order valence-electron chi connectivity index (χ2n) is 6.03. The Bertz CT molecular complexity index is 496. The van der Waals surface area contributed by atoms with Gasteiger partial charge in [0.1, 0.15) is 5.82 Å². The van der Waals surface area contributed by atoms with Crippen LogP contribution in [0.25, 0.3) is 0 Å². The van der Waals surface area contributed by atoms with Gasteiger partial charge in [0.05, 0.1) is 5.56 Å². The van der Waals surface area contributed by atoms with Crippen LogP contribution in [0.3, 0.4) is 0 Å². The third-order valence-corrected chi connectivity index (χ3v) is 4.35. The van der Waals surface area contributed by atoms with Crippen molar-refractivity contribution in [3.8, 4) is 0 Å². The fourth-order valence-corrected chi connectivity index (χ4v) is 3.18. The summed E-state index contributed by atoms with van der Waals surface area (Å²) in [5.41, 5.74) is -0.630. The van der Waals surface area contributed by atoms with Crippen molar-refractivity contribution in [3.05, 3.63) is 35.1 Å². The van der Waals surface area contributed by atoms with Gasteiger partial charge in [-0.25, -0.2) is 4.39 Å². The summed E-state index contributed by atoms with van der Waals surface area (Å²) in [6.07, 6.45) is -0.980. The molecule has 6 heteroatoms. The number of hydrogen-bond acceptors (Lipinski definition) is 2. The zero-order valence-electron chi connectivity index (χ0n) is 13.4. The summed E-state index contributed by atoms with van der Waals surface area (Å²) in [7, 11) is 0. The molecule has 0 saturated carbocycles. The SMILES string of the molecule is CCCCC[C@@H](c1ccc(F)cc1C(F)(F)F)N1CCNCC1. The fraction of sp³-hybridized carbons (Fsp3) is 0.647. The molecule has 2 nitrogen and oxygen atoms in total. The summed E-state index contributed by atoms with van der Waals surface area (Å²) < 4.78 is 53.4. The smallest absolute Gasteiger partial charge is 0.314 e. The molecule has 1 saturated heterocycles. The molecule has 130 valence electrons. The molecule has 1 aromatic rings. The van der Waals surface area contributed by atoms with Crippen LogP contribution in [0.15, 0.2) is 18.2 Å². The van der Waals surface area contributed by atoms with Crippen molar-refractivity contribution in [1.29, 1.82) is 0 Å². The van der Waals surface area contributed by atoms with Crippen LogP contribution in [-0.4, -0.2) is 31.1 Å². The molecule has 2 rings (SSSR count). The molecule has 0 amide bonds. The number of nitrogens with zero attached hydrogens (tertiary/aromatic N) is 1. The monoisotopic (exact) mass is 332 g/mol. The first-order chi connectivity index (χ1) is 10.9. The Kier molecular flexibility index (Phi) is 6.41. The van der Waals surface area contributed by atoms with Gasteiger partial charge in [-0.15, -0.1) is 0 Å². The van der Waals surface area contributed by atoms with Gasteiger partial charge >= 0.3 is 6.18 Å². The van der Waals surface area contributed by atoms with E-state index in [0.717, 1.165) is 38.4 Å². The molecule has 1 atom stereocenters. The molecule has 1 N–H and O–H groups in total. The molecule has 0 spiro atoms. The van der Waals surface area contributed by atoms with Crippen LogP contribution >= 0.6 is 0 Å². The molecule has 1 aliphatic heterocycles. The van der Waals surface area contributed by atoms with E-state index in [2.05, 4.69) is 17.1 Å². The largest absolute Gasteiger partial charge is 0.416 e. The molecule has 1 aromatic carbocycles. The first-order valence-electron chi connectivity index (χ1n) is 8.25. The molecule has 0 aliphatic carbocycles. The number of halogens is 4. The van der Waals surface area contributed by atoms with Crippen molar-refractivity contribution >= 4 is 0 Å². The summed E-state index contributed by atoms with van der Waals surface area (Å²) in [5.74, 6) is -0.839. The van der Waals surface area contributed by atoms with E-state index < -0.39 is 17.6 Å². The van der Waals surface area contributed by atoms with E-state index in [9.17, 15) is 17.6 Å². The standard InChI is InChI=1S/C17H24F4N2/c1-2-3-4-5-16(23-10-8-22-9-11-23)14-7-6-13(18)12-15(14)17(19,20)21/h6-7,12,16,22H,2-5,8-11H2,1H3/t16-/m0/s1. The van der Waals surface area contributed by atoms with E-state index in [1.807, 2.05) is 0 Å². The Morgan fingerprint density at radius 3 is 2.48 bits per heavy atom. The van der Waals surface area contributed by atoms with Crippen LogP contribution in [0.5, 0.6) is 0 Å². The van der Waals surface area contributed by atoms with Gasteiger partial charge in [0.25, 0.3) is 0 Å². The van der Waals surface area contributed by atoms with E-state index >= 15 is 0 Å². The minimum absolute atomic E-state index is 0.205. The second kappa shape index (κ2) is 8.11. The van der Waals surface area contributed by atoms with Gasteiger partial charge in [0.15, 0.2) is 0 Å². The summed E-state index contributed by atoms with van der Waals surface area (Å²) in [6.45, 7) is 5.04. The Hall–Kier alpha value is -1.14. The van der Waals surface area contributed by atoms with Gasteiger partial charge < -0.3 is 5.32 Å². The predicted molar refractivity (Wildman–Crippen MR) is 82.7 cm³/mol. The van der Waals surface area contributed by atoms with Gasteiger partial charge in [-0.2, -0.15) is 13.2 Å². The minimum atomic E-state index is -4.53. The highest BCUT2D eigenvalue weighted by Gasteiger charge is 2.37. The van der Waals surface area contributed by atoms with Crippen LogP contribution in [-0.2, 0) is 6.18 Å². The Balaban J connectivity index is 2.33. The fourth-order valence-electron chi connectivity index (χ4n) is 3.18. The van der Waals surface area contributed by atoms with Crippen molar-refractivity contribution in [3.63, 3.8) is 0 Å². The molecule has 0 unspecified atom stereocenters. The van der Waals surface area contributed by atoms with Crippen molar-refractivity contribution in [2.75, 3.05) is 26.2 Å². The number of hydrogen-bond donors (Lipinski definition) is 1. The molecule has 23 heavy (non-hydrogen) atoms. The summed E-state index contributed by atoms with van der Waals surface area (Å²) in [4.78, 5) is 2.09. The van der Waals surface area contributed by atoms with E-state index in [4.69, 9.17) is 0 Å². The first-order valence-corrected chi connectivity index (χ1v) is 8.25. The molecule has 0 radical (unpaired) electrons. The quantitative estimate of drug-likeness (QED) is 0.615. The van der Waals surface area contributed by atoms with Gasteiger partial charge in [0, 0.05) is 32.2 Å². The average molecular weight is 332 g/mol. The van der Waals surface area contributed by atoms with Crippen LogP contribution in [0.4, 0.5) is 17.6 Å². The first kappa shape index (κ1) is 18.2. The van der Waals surface area contributed by atoms with E-state index in [0.29, 0.717) is 25.6 Å². The van der Waals surface area contributed by atoms with Crippen molar-refractivity contribution in [1.82, 2.24) is 10.2 Å². The van der Waals surface area contributed by atoms with Gasteiger partial charge in [-0.3, -0.25) is 4.90 Å². The predicted octanol–water partition coefficient (Wildman–Crippen LogP) is 4.37. The molecule has 1 aliphatic rings. The Morgan fingerprint density at radius 2 is 1.87 bits per heavy atom. The summed E-state index contributed by atoms with van der Waals surface area (Å²) in [6, 6.07) is 2.78. The second-order valence-corrected chi connectivity index (χ2v) is 6.03. The highest BCUT2D eigenvalue weighted by Crippen LogP contribution is 2.38. The third kappa shape index (κ3) is 4.91. The Labute approximate surface area is 134 Å². The van der Waals surface area contributed by atoms with E-state index in [1.165, 1.54) is 6.07 Å². The van der Waals surface area contributed by atoms with Gasteiger partial charge in [0.2, 0.25) is 0 Å².